The Morgan fingerprint density at radius 2 is 1.42 bits per heavy atom. The molecule has 0 fully saturated rings. The van der Waals surface area contributed by atoms with Gasteiger partial charge in [0.1, 0.15) is 5.60 Å². The van der Waals surface area contributed by atoms with Crippen molar-refractivity contribution < 1.29 is 19.0 Å². The van der Waals surface area contributed by atoms with Crippen LogP contribution in [0.2, 0.25) is 0 Å². The van der Waals surface area contributed by atoms with Gasteiger partial charge in [-0.2, -0.15) is 0 Å². The number of carbonyl (C=O) groups excluding carboxylic acids is 1. The minimum Gasteiger partial charge on any atom is -0.444 e. The number of methoxy groups -OCH3 is 2. The summed E-state index contributed by atoms with van der Waals surface area (Å²) in [6.45, 7) is 5.02. The van der Waals surface area contributed by atoms with Crippen LogP contribution in [0.3, 0.4) is 0 Å². The van der Waals surface area contributed by atoms with Crippen LogP contribution in [0.4, 0.5) is 4.79 Å². The molecule has 0 aromatic heterocycles. The van der Waals surface area contributed by atoms with Gasteiger partial charge < -0.3 is 19.1 Å². The van der Waals surface area contributed by atoms with Crippen molar-refractivity contribution in [3.05, 3.63) is 35.4 Å². The van der Waals surface area contributed by atoms with E-state index in [0.717, 1.165) is 5.56 Å². The lowest BCUT2D eigenvalue weighted by molar-refractivity contribution is -0.106. The molecular formula is C16H20B5NO4. The molecule has 0 saturated carbocycles. The van der Waals surface area contributed by atoms with Crippen LogP contribution in [0.5, 0.6) is 0 Å². The Morgan fingerprint density at radius 1 is 0.962 bits per heavy atom. The molecule has 0 aliphatic carbocycles. The highest BCUT2D eigenvalue weighted by molar-refractivity contribution is 6.60. The Hall–Kier alpha value is -1.27. The molecule has 1 aromatic carbocycles. The van der Waals surface area contributed by atoms with Crippen LogP contribution in [0.25, 0.3) is 0 Å². The molecular weight excluding hydrogens is 324 g/mol. The van der Waals surface area contributed by atoms with E-state index in [4.69, 9.17) is 53.4 Å². The second-order valence-corrected chi connectivity index (χ2v) is 6.95. The van der Waals surface area contributed by atoms with Crippen molar-refractivity contribution in [2.45, 2.75) is 43.2 Å². The van der Waals surface area contributed by atoms with Crippen molar-refractivity contribution >= 4 is 45.3 Å². The highest BCUT2D eigenvalue weighted by atomic mass is 16.7. The fraction of sp³-hybridized carbons (Fsp3) is 0.562. The molecule has 0 saturated heterocycles. The van der Waals surface area contributed by atoms with Crippen molar-refractivity contribution in [1.82, 2.24) is 4.90 Å². The second-order valence-electron chi connectivity index (χ2n) is 6.95. The van der Waals surface area contributed by atoms with Crippen LogP contribution >= 0.6 is 0 Å². The third-order valence-electron chi connectivity index (χ3n) is 3.41. The highest BCUT2D eigenvalue weighted by Gasteiger charge is 2.40. The van der Waals surface area contributed by atoms with Gasteiger partial charge in [0.2, 0.25) is 0 Å². The summed E-state index contributed by atoms with van der Waals surface area (Å²) < 4.78 is 15.6. The van der Waals surface area contributed by atoms with Gasteiger partial charge in [0.05, 0.1) is 39.2 Å². The first-order valence-electron chi connectivity index (χ1n) is 7.87. The van der Waals surface area contributed by atoms with Gasteiger partial charge in [0.25, 0.3) is 0 Å². The summed E-state index contributed by atoms with van der Waals surface area (Å²) in [5.41, 5.74) is 0.215. The number of rotatable bonds is 6. The van der Waals surface area contributed by atoms with Gasteiger partial charge in [-0.15, -0.1) is 0 Å². The summed E-state index contributed by atoms with van der Waals surface area (Å²) in [6.07, 6.45) is -1.51. The molecule has 0 spiro atoms. The Labute approximate surface area is 162 Å². The quantitative estimate of drug-likeness (QED) is 0.565. The Morgan fingerprint density at radius 3 is 1.77 bits per heavy atom. The summed E-state index contributed by atoms with van der Waals surface area (Å²) >= 11 is 0. The molecule has 0 aliphatic heterocycles. The Kier molecular flexibility index (Phi) is 7.16. The van der Waals surface area contributed by atoms with Gasteiger partial charge in [0, 0.05) is 19.8 Å². The fourth-order valence-corrected chi connectivity index (χ4v) is 2.34. The minimum absolute atomic E-state index is 0.323. The van der Waals surface area contributed by atoms with Crippen LogP contribution in [0.1, 0.15) is 38.2 Å². The fourth-order valence-electron chi connectivity index (χ4n) is 2.34. The normalized spacial score (nSPS) is 12.8. The lowest BCUT2D eigenvalue weighted by Crippen LogP contribution is -2.64. The zero-order valence-electron chi connectivity index (χ0n) is 15.9. The summed E-state index contributed by atoms with van der Waals surface area (Å²) in [5, 5.41) is -4.10. The molecule has 10 radical (unpaired) electrons. The van der Waals surface area contributed by atoms with E-state index in [-0.39, 0.29) is 0 Å². The lowest BCUT2D eigenvalue weighted by atomic mass is 9.44. The number of carbonyl (C=O) groups is 1. The Balaban J connectivity index is 3.26. The van der Waals surface area contributed by atoms with Crippen molar-refractivity contribution in [3.8, 4) is 0 Å². The molecule has 0 atom stereocenters. The number of amides is 1. The van der Waals surface area contributed by atoms with E-state index < -0.39 is 28.6 Å². The SMILES string of the molecule is [B]C([B])([B])N(C(=O)OC(C)(C)C)C([B])([B])c1ccc(C(OC)OC)cc1. The molecule has 0 bridgehead atoms. The monoisotopic (exact) mass is 345 g/mol. The van der Waals surface area contributed by atoms with E-state index in [2.05, 4.69) is 0 Å². The van der Waals surface area contributed by atoms with Crippen LogP contribution in [-0.4, -0.2) is 75.3 Å². The van der Waals surface area contributed by atoms with E-state index in [1.807, 2.05) is 0 Å². The number of nitrogens with zero attached hydrogens (tertiary/aromatic N) is 1. The summed E-state index contributed by atoms with van der Waals surface area (Å²) in [5.74, 6) is 0. The number of ether oxygens (including phenoxy) is 3. The van der Waals surface area contributed by atoms with Crippen molar-refractivity contribution in [2.75, 3.05) is 14.2 Å². The predicted octanol–water partition coefficient (Wildman–Crippen LogP) is 0.779. The maximum Gasteiger partial charge on any atom is 0.408 e. The Bertz CT molecular complexity index is 607. The third kappa shape index (κ3) is 5.61. The number of hydrogen-bond acceptors (Lipinski definition) is 4. The molecule has 10 heteroatoms. The largest absolute Gasteiger partial charge is 0.444 e. The first-order valence-corrected chi connectivity index (χ1v) is 7.87. The second kappa shape index (κ2) is 8.18. The molecule has 26 heavy (non-hydrogen) atoms. The molecule has 1 aromatic rings. The van der Waals surface area contributed by atoms with Crippen molar-refractivity contribution in [1.29, 1.82) is 0 Å². The van der Waals surface area contributed by atoms with Crippen LogP contribution in [0, 0.1) is 0 Å². The molecule has 128 valence electrons. The van der Waals surface area contributed by atoms with E-state index in [1.54, 1.807) is 45.0 Å². The van der Waals surface area contributed by atoms with Crippen molar-refractivity contribution in [3.63, 3.8) is 0 Å². The first kappa shape index (κ1) is 22.8. The van der Waals surface area contributed by atoms with E-state index >= 15 is 0 Å². The molecule has 1 rings (SSSR count). The lowest BCUT2D eigenvalue weighted by Gasteiger charge is -2.50. The maximum absolute atomic E-state index is 12.6. The van der Waals surface area contributed by atoms with Gasteiger partial charge in [-0.05, 0) is 31.7 Å². The highest BCUT2D eigenvalue weighted by Crippen LogP contribution is 2.29. The van der Waals surface area contributed by atoms with Gasteiger partial charge in [0.15, 0.2) is 6.29 Å². The molecule has 0 heterocycles. The van der Waals surface area contributed by atoms with Crippen LogP contribution in [-0.2, 0) is 19.5 Å². The van der Waals surface area contributed by atoms with Gasteiger partial charge in [-0.25, -0.2) is 4.79 Å². The average molecular weight is 344 g/mol. The summed E-state index contributed by atoms with van der Waals surface area (Å²) in [4.78, 5) is 13.2. The predicted molar refractivity (Wildman–Crippen MR) is 104 cm³/mol. The molecule has 0 unspecified atom stereocenters. The molecule has 0 aliphatic rings. The molecule has 1 amide bonds. The smallest absolute Gasteiger partial charge is 0.408 e. The van der Waals surface area contributed by atoms with Gasteiger partial charge in [-0.3, -0.25) is 0 Å². The van der Waals surface area contributed by atoms with Crippen LogP contribution < -0.4 is 0 Å². The molecule has 0 N–H and O–H groups in total. The summed E-state index contributed by atoms with van der Waals surface area (Å²) in [7, 11) is 32.5. The standard InChI is InChI=1S/C16H20B5NO4/c1-14(2,3)26-13(23)22(16(19,20)21)15(17,18)11-8-6-10(7-9-11)12(24-4)25-5/h6-9,12H,1-5H3. The first-order chi connectivity index (χ1) is 11.7. The average Bonchev–Trinajstić information content (AvgIpc) is 2.45. The van der Waals surface area contributed by atoms with E-state index in [9.17, 15) is 4.79 Å². The minimum atomic E-state index is -2.16. The number of hydrogen-bond donors (Lipinski definition) is 0. The van der Waals surface area contributed by atoms with E-state index in [1.165, 1.54) is 14.2 Å². The van der Waals surface area contributed by atoms with Gasteiger partial charge in [-0.1, -0.05) is 29.5 Å². The maximum atomic E-state index is 12.6. The van der Waals surface area contributed by atoms with Gasteiger partial charge >= 0.3 is 6.09 Å². The van der Waals surface area contributed by atoms with E-state index in [0.29, 0.717) is 10.5 Å². The molecule has 5 nitrogen and oxygen atoms in total. The summed E-state index contributed by atoms with van der Waals surface area (Å²) in [6, 6.07) is 6.53. The van der Waals surface area contributed by atoms with Crippen LogP contribution in [0.15, 0.2) is 24.3 Å². The number of benzene rings is 1. The third-order valence-corrected chi connectivity index (χ3v) is 3.41. The topological polar surface area (TPSA) is 48.0 Å². The zero-order chi connectivity index (χ0) is 20.3. The zero-order valence-corrected chi connectivity index (χ0v) is 15.9. The van der Waals surface area contributed by atoms with Crippen molar-refractivity contribution in [2.24, 2.45) is 0 Å².